The minimum absolute atomic E-state index is 0.0292. The van der Waals surface area contributed by atoms with E-state index in [1.807, 2.05) is 18.4 Å². The van der Waals surface area contributed by atoms with Crippen LogP contribution in [-0.2, 0) is 5.60 Å². The predicted octanol–water partition coefficient (Wildman–Crippen LogP) is 4.15. The molecule has 1 amide bonds. The standard InChI is InChI=1S/C20H19N3O4S2/c1-13-11-28-19(22-13)29-17-9-8-14(10-16(17)23(26)27)18(24)21-12-20(2,25)15-6-4-3-5-7-15/h3-11,25H,12H2,1-2H3,(H,21,24)/t20-/m0/s1. The number of amides is 1. The van der Waals surface area contributed by atoms with Gasteiger partial charge in [0.2, 0.25) is 0 Å². The van der Waals surface area contributed by atoms with Crippen molar-refractivity contribution in [1.29, 1.82) is 0 Å². The molecule has 3 aromatic rings. The lowest BCUT2D eigenvalue weighted by molar-refractivity contribution is -0.387. The van der Waals surface area contributed by atoms with E-state index < -0.39 is 16.4 Å². The van der Waals surface area contributed by atoms with Gasteiger partial charge in [0.1, 0.15) is 5.60 Å². The molecule has 1 heterocycles. The minimum atomic E-state index is -1.26. The summed E-state index contributed by atoms with van der Waals surface area (Å²) in [6.45, 7) is 3.42. The zero-order chi connectivity index (χ0) is 21.0. The van der Waals surface area contributed by atoms with E-state index in [0.717, 1.165) is 5.69 Å². The maximum Gasteiger partial charge on any atom is 0.284 e. The smallest absolute Gasteiger partial charge is 0.284 e. The SMILES string of the molecule is Cc1csc(Sc2ccc(C(=O)NC[C@](C)(O)c3ccccc3)cc2[N+](=O)[O-])n1. The van der Waals surface area contributed by atoms with Gasteiger partial charge >= 0.3 is 0 Å². The van der Waals surface area contributed by atoms with Crippen molar-refractivity contribution >= 4 is 34.7 Å². The number of aryl methyl sites for hydroxylation is 1. The van der Waals surface area contributed by atoms with Crippen LogP contribution in [0.15, 0.2) is 63.1 Å². The first-order valence-corrected chi connectivity index (χ1v) is 10.4. The van der Waals surface area contributed by atoms with E-state index in [4.69, 9.17) is 0 Å². The van der Waals surface area contributed by atoms with Crippen molar-refractivity contribution in [3.05, 3.63) is 80.8 Å². The molecule has 150 valence electrons. The van der Waals surface area contributed by atoms with Crippen LogP contribution in [0, 0.1) is 17.0 Å². The summed E-state index contributed by atoms with van der Waals surface area (Å²) in [5, 5.41) is 26.6. The molecule has 0 fully saturated rings. The van der Waals surface area contributed by atoms with E-state index >= 15 is 0 Å². The molecule has 0 bridgehead atoms. The fourth-order valence-corrected chi connectivity index (χ4v) is 4.49. The highest BCUT2D eigenvalue weighted by Crippen LogP contribution is 2.36. The average molecular weight is 430 g/mol. The highest BCUT2D eigenvalue weighted by atomic mass is 32.2. The Morgan fingerprint density at radius 3 is 2.66 bits per heavy atom. The second-order valence-corrected chi connectivity index (χ2v) is 8.77. The van der Waals surface area contributed by atoms with Gasteiger partial charge in [-0.15, -0.1) is 11.3 Å². The molecule has 0 saturated carbocycles. The molecule has 7 nitrogen and oxygen atoms in total. The lowest BCUT2D eigenvalue weighted by atomic mass is 9.96. The first kappa shape index (κ1) is 21.0. The molecule has 2 aromatic carbocycles. The number of aromatic nitrogens is 1. The van der Waals surface area contributed by atoms with Crippen LogP contribution in [-0.4, -0.2) is 27.5 Å². The summed E-state index contributed by atoms with van der Waals surface area (Å²) in [5.74, 6) is -0.494. The van der Waals surface area contributed by atoms with Gasteiger partial charge in [0, 0.05) is 22.7 Å². The molecule has 29 heavy (non-hydrogen) atoms. The van der Waals surface area contributed by atoms with Gasteiger partial charge in [-0.2, -0.15) is 0 Å². The zero-order valence-corrected chi connectivity index (χ0v) is 17.4. The molecular formula is C20H19N3O4S2. The molecule has 0 spiro atoms. The number of nitrogens with zero attached hydrogens (tertiary/aromatic N) is 2. The summed E-state index contributed by atoms with van der Waals surface area (Å²) in [5.41, 5.74) is 0.241. The summed E-state index contributed by atoms with van der Waals surface area (Å²) >= 11 is 2.60. The summed E-state index contributed by atoms with van der Waals surface area (Å²) in [6.07, 6.45) is 0. The van der Waals surface area contributed by atoms with E-state index in [0.29, 0.717) is 14.8 Å². The Morgan fingerprint density at radius 2 is 2.03 bits per heavy atom. The third-order valence-electron chi connectivity index (χ3n) is 4.20. The summed E-state index contributed by atoms with van der Waals surface area (Å²) in [7, 11) is 0. The van der Waals surface area contributed by atoms with Crippen LogP contribution >= 0.6 is 23.1 Å². The first-order valence-electron chi connectivity index (χ1n) is 8.71. The lowest BCUT2D eigenvalue weighted by Gasteiger charge is -2.24. The average Bonchev–Trinajstić information content (AvgIpc) is 3.11. The molecule has 1 atom stereocenters. The summed E-state index contributed by atoms with van der Waals surface area (Å²) in [6, 6.07) is 13.3. The quantitative estimate of drug-likeness (QED) is 0.432. The topological polar surface area (TPSA) is 105 Å². The monoisotopic (exact) mass is 429 g/mol. The molecule has 0 radical (unpaired) electrons. The highest BCUT2D eigenvalue weighted by molar-refractivity contribution is 8.01. The third kappa shape index (κ3) is 5.20. The van der Waals surface area contributed by atoms with Crippen molar-refractivity contribution in [1.82, 2.24) is 10.3 Å². The maximum absolute atomic E-state index is 12.5. The second-order valence-electron chi connectivity index (χ2n) is 6.62. The number of carbonyl (C=O) groups is 1. The molecule has 9 heteroatoms. The number of aliphatic hydroxyl groups is 1. The van der Waals surface area contributed by atoms with E-state index in [-0.39, 0.29) is 17.8 Å². The van der Waals surface area contributed by atoms with Crippen molar-refractivity contribution in [2.45, 2.75) is 28.7 Å². The molecule has 1 aromatic heterocycles. The van der Waals surface area contributed by atoms with Crippen LogP contribution in [0.25, 0.3) is 0 Å². The van der Waals surface area contributed by atoms with Crippen molar-refractivity contribution in [3.63, 3.8) is 0 Å². The molecular weight excluding hydrogens is 410 g/mol. The number of nitro benzene ring substituents is 1. The summed E-state index contributed by atoms with van der Waals surface area (Å²) < 4.78 is 0.696. The van der Waals surface area contributed by atoms with Gasteiger partial charge in [0.05, 0.1) is 16.4 Å². The Labute approximate surface area is 176 Å². The largest absolute Gasteiger partial charge is 0.384 e. The second kappa shape index (κ2) is 8.73. The van der Waals surface area contributed by atoms with Gasteiger partial charge in [-0.3, -0.25) is 14.9 Å². The fraction of sp³-hybridized carbons (Fsp3) is 0.200. The van der Waals surface area contributed by atoms with Crippen LogP contribution in [0.5, 0.6) is 0 Å². The van der Waals surface area contributed by atoms with Gasteiger partial charge in [0.25, 0.3) is 11.6 Å². The van der Waals surface area contributed by atoms with Gasteiger partial charge in [-0.25, -0.2) is 4.98 Å². The Hall–Kier alpha value is -2.75. The number of carbonyl (C=O) groups excluding carboxylic acids is 1. The van der Waals surface area contributed by atoms with Gasteiger partial charge in [-0.1, -0.05) is 42.1 Å². The third-order valence-corrected chi connectivity index (χ3v) is 6.32. The van der Waals surface area contributed by atoms with Crippen molar-refractivity contribution < 1.29 is 14.8 Å². The molecule has 0 unspecified atom stereocenters. The van der Waals surface area contributed by atoms with Crippen LogP contribution in [0.3, 0.4) is 0 Å². The van der Waals surface area contributed by atoms with E-state index in [1.165, 1.54) is 35.2 Å². The van der Waals surface area contributed by atoms with Gasteiger partial charge < -0.3 is 10.4 Å². The highest BCUT2D eigenvalue weighted by Gasteiger charge is 2.25. The number of nitro groups is 1. The molecule has 3 rings (SSSR count). The van der Waals surface area contributed by atoms with Crippen molar-refractivity contribution in [3.8, 4) is 0 Å². The predicted molar refractivity (Wildman–Crippen MR) is 112 cm³/mol. The van der Waals surface area contributed by atoms with Gasteiger partial charge in [0.15, 0.2) is 4.34 Å². The number of thiazole rings is 1. The van der Waals surface area contributed by atoms with E-state index in [2.05, 4.69) is 10.3 Å². The van der Waals surface area contributed by atoms with Crippen molar-refractivity contribution in [2.24, 2.45) is 0 Å². The lowest BCUT2D eigenvalue weighted by Crippen LogP contribution is -2.38. The van der Waals surface area contributed by atoms with Crippen LogP contribution in [0.1, 0.15) is 28.5 Å². The molecule has 0 saturated heterocycles. The Bertz CT molecular complexity index is 1040. The van der Waals surface area contributed by atoms with Crippen LogP contribution in [0.4, 0.5) is 5.69 Å². The normalized spacial score (nSPS) is 12.9. The van der Waals surface area contributed by atoms with Gasteiger partial charge in [-0.05, 0) is 31.5 Å². The number of hydrogen-bond acceptors (Lipinski definition) is 7. The number of hydrogen-bond donors (Lipinski definition) is 2. The number of benzene rings is 2. The van der Waals surface area contributed by atoms with Crippen LogP contribution in [0.2, 0.25) is 0 Å². The van der Waals surface area contributed by atoms with E-state index in [9.17, 15) is 20.0 Å². The zero-order valence-electron chi connectivity index (χ0n) is 15.8. The first-order chi connectivity index (χ1) is 13.8. The number of nitrogens with one attached hydrogen (secondary N) is 1. The number of rotatable bonds is 7. The molecule has 0 aliphatic carbocycles. The van der Waals surface area contributed by atoms with E-state index in [1.54, 1.807) is 37.3 Å². The Morgan fingerprint density at radius 1 is 1.31 bits per heavy atom. The maximum atomic E-state index is 12.5. The Kier molecular flexibility index (Phi) is 6.31. The van der Waals surface area contributed by atoms with Crippen molar-refractivity contribution in [2.75, 3.05) is 6.54 Å². The minimum Gasteiger partial charge on any atom is -0.384 e. The summed E-state index contributed by atoms with van der Waals surface area (Å²) in [4.78, 5) is 28.2. The molecule has 2 N–H and O–H groups in total. The fourth-order valence-electron chi connectivity index (χ4n) is 2.61. The Balaban J connectivity index is 1.75. The molecule has 0 aliphatic heterocycles. The van der Waals surface area contributed by atoms with Crippen LogP contribution < -0.4 is 5.32 Å². The molecule has 0 aliphatic rings.